The number of rotatable bonds is 8. The summed E-state index contributed by atoms with van der Waals surface area (Å²) in [6.07, 6.45) is 12.0. The molecule has 0 amide bonds. The Bertz CT molecular complexity index is 863. The molecule has 2 aliphatic heterocycles. The Labute approximate surface area is 189 Å². The zero-order valence-corrected chi connectivity index (χ0v) is 19.2. The summed E-state index contributed by atoms with van der Waals surface area (Å²) in [6.45, 7) is 13.8. The van der Waals surface area contributed by atoms with Gasteiger partial charge in [-0.05, 0) is 50.5 Å². The smallest absolute Gasteiger partial charge is 0.129 e. The summed E-state index contributed by atoms with van der Waals surface area (Å²) in [6, 6.07) is 2.14. The van der Waals surface area contributed by atoms with Crippen molar-refractivity contribution in [2.75, 3.05) is 36.8 Å². The molecule has 4 rings (SSSR count). The molecule has 1 aromatic rings. The van der Waals surface area contributed by atoms with Gasteiger partial charge >= 0.3 is 0 Å². The number of likely N-dealkylation sites (tertiary alicyclic amines) is 1. The largest absolute Gasteiger partial charge is 0.393 e. The van der Waals surface area contributed by atoms with Gasteiger partial charge in [-0.1, -0.05) is 19.6 Å². The van der Waals surface area contributed by atoms with Crippen molar-refractivity contribution in [2.45, 2.75) is 43.6 Å². The number of amidine groups is 1. The number of nitrogens with zero attached hydrogens (tertiary/aromatic N) is 5. The lowest BCUT2D eigenvalue weighted by Crippen LogP contribution is -2.64. The van der Waals surface area contributed by atoms with E-state index in [0.29, 0.717) is 11.3 Å². The Morgan fingerprint density at radius 2 is 2.13 bits per heavy atom. The fourth-order valence-corrected chi connectivity index (χ4v) is 5.75. The van der Waals surface area contributed by atoms with Crippen molar-refractivity contribution in [3.8, 4) is 0 Å². The van der Waals surface area contributed by atoms with Crippen molar-refractivity contribution in [3.63, 3.8) is 0 Å². The van der Waals surface area contributed by atoms with E-state index in [1.165, 1.54) is 12.8 Å². The van der Waals surface area contributed by atoms with Crippen LogP contribution in [0.25, 0.3) is 0 Å². The number of hydrogen-bond acceptors (Lipinski definition) is 6. The molecule has 3 heterocycles. The zero-order valence-electron chi connectivity index (χ0n) is 18.4. The Morgan fingerprint density at radius 3 is 2.77 bits per heavy atom. The first kappa shape index (κ1) is 22.1. The van der Waals surface area contributed by atoms with E-state index in [4.69, 9.17) is 0 Å². The topological polar surface area (TPSA) is 64.3 Å². The molecule has 1 unspecified atom stereocenters. The molecule has 1 spiro atoms. The van der Waals surface area contributed by atoms with E-state index in [9.17, 15) is 5.11 Å². The summed E-state index contributed by atoms with van der Waals surface area (Å²) in [4.78, 5) is 19.0. The van der Waals surface area contributed by atoms with Gasteiger partial charge in [0, 0.05) is 48.4 Å². The number of allylic oxidation sites excluding steroid dienone is 1. The summed E-state index contributed by atoms with van der Waals surface area (Å²) in [7, 11) is 0. The molecular weight excluding hydrogens is 406 g/mol. The maximum Gasteiger partial charge on any atom is 0.129 e. The van der Waals surface area contributed by atoms with Gasteiger partial charge in [-0.15, -0.1) is 11.8 Å². The van der Waals surface area contributed by atoms with E-state index < -0.39 is 0 Å². The van der Waals surface area contributed by atoms with Gasteiger partial charge in [0.2, 0.25) is 0 Å². The lowest BCUT2D eigenvalue weighted by atomic mass is 9.62. The molecule has 166 valence electrons. The van der Waals surface area contributed by atoms with Crippen LogP contribution in [0.4, 0.5) is 11.5 Å². The summed E-state index contributed by atoms with van der Waals surface area (Å²) < 4.78 is 0. The minimum atomic E-state index is -0.106. The van der Waals surface area contributed by atoms with Crippen LogP contribution in [0, 0.1) is 11.3 Å². The van der Waals surface area contributed by atoms with E-state index in [0.717, 1.165) is 67.0 Å². The summed E-state index contributed by atoms with van der Waals surface area (Å²) in [5, 5.41) is 9.63. The summed E-state index contributed by atoms with van der Waals surface area (Å²) in [5.41, 5.74) is 1.16. The molecular formula is C24H33N5OS. The number of aromatic nitrogens is 1. The average molecular weight is 440 g/mol. The van der Waals surface area contributed by atoms with Crippen molar-refractivity contribution < 1.29 is 5.11 Å². The molecule has 1 atom stereocenters. The number of thioether (sulfide) groups is 1. The maximum absolute atomic E-state index is 9.63. The Balaban J connectivity index is 1.35. The van der Waals surface area contributed by atoms with Gasteiger partial charge in [0.25, 0.3) is 0 Å². The van der Waals surface area contributed by atoms with Crippen LogP contribution in [0.1, 0.15) is 32.6 Å². The van der Waals surface area contributed by atoms with Crippen molar-refractivity contribution in [3.05, 3.63) is 37.2 Å². The number of aliphatic hydroxyl groups is 1. The fourth-order valence-electron chi connectivity index (χ4n) is 4.75. The molecule has 2 saturated heterocycles. The van der Waals surface area contributed by atoms with Gasteiger partial charge in [0.1, 0.15) is 11.7 Å². The predicted octanol–water partition coefficient (Wildman–Crippen LogP) is 4.30. The van der Waals surface area contributed by atoms with E-state index in [1.54, 1.807) is 18.0 Å². The Kier molecular flexibility index (Phi) is 6.82. The third-order valence-electron chi connectivity index (χ3n) is 6.45. The molecule has 0 radical (unpaired) electrons. The first-order chi connectivity index (χ1) is 15.0. The van der Waals surface area contributed by atoms with Crippen molar-refractivity contribution in [2.24, 2.45) is 21.3 Å². The maximum atomic E-state index is 9.63. The molecule has 0 aromatic carbocycles. The predicted molar refractivity (Wildman–Crippen MR) is 131 cm³/mol. The molecule has 7 heteroatoms. The van der Waals surface area contributed by atoms with E-state index in [1.807, 2.05) is 6.20 Å². The van der Waals surface area contributed by atoms with Crippen LogP contribution in [0.2, 0.25) is 0 Å². The molecule has 3 aliphatic rings. The number of aliphatic imine (C=N–C) groups is 2. The lowest BCUT2D eigenvalue weighted by molar-refractivity contribution is -0.0494. The molecule has 3 fully saturated rings. The van der Waals surface area contributed by atoms with Crippen LogP contribution in [-0.2, 0) is 0 Å². The van der Waals surface area contributed by atoms with E-state index in [-0.39, 0.29) is 6.10 Å². The SMILES string of the molecule is C=CN=C(/C=C\C(C)CSc1cc(N2CC3(CC(O)C3)C2)ncc1N=C)N1CCCC1. The van der Waals surface area contributed by atoms with Gasteiger partial charge in [-0.25, -0.2) is 9.98 Å². The number of hydrogen-bond donors (Lipinski definition) is 1. The molecule has 1 saturated carbocycles. The van der Waals surface area contributed by atoms with E-state index in [2.05, 4.69) is 63.2 Å². The second kappa shape index (κ2) is 9.57. The fraction of sp³-hybridized carbons (Fsp3) is 0.542. The van der Waals surface area contributed by atoms with E-state index >= 15 is 0 Å². The van der Waals surface area contributed by atoms with Crippen LogP contribution in [0.3, 0.4) is 0 Å². The Morgan fingerprint density at radius 1 is 1.39 bits per heavy atom. The second-order valence-corrected chi connectivity index (χ2v) is 10.2. The molecule has 1 aromatic heterocycles. The van der Waals surface area contributed by atoms with Crippen LogP contribution in [0.15, 0.2) is 52.1 Å². The zero-order chi connectivity index (χ0) is 21.8. The lowest BCUT2D eigenvalue weighted by Gasteiger charge is -2.58. The highest BCUT2D eigenvalue weighted by atomic mass is 32.2. The monoisotopic (exact) mass is 439 g/mol. The molecule has 31 heavy (non-hydrogen) atoms. The third kappa shape index (κ3) is 5.04. The first-order valence-electron chi connectivity index (χ1n) is 11.2. The Hall–Kier alpha value is -2.12. The van der Waals surface area contributed by atoms with Crippen LogP contribution >= 0.6 is 11.8 Å². The molecule has 1 N–H and O–H groups in total. The first-order valence-corrected chi connectivity index (χ1v) is 12.1. The highest BCUT2D eigenvalue weighted by Gasteiger charge is 2.52. The second-order valence-electron chi connectivity index (χ2n) is 9.10. The molecule has 1 aliphatic carbocycles. The summed E-state index contributed by atoms with van der Waals surface area (Å²) in [5.74, 6) is 3.34. The molecule has 6 nitrogen and oxygen atoms in total. The van der Waals surface area contributed by atoms with Gasteiger partial charge in [-0.3, -0.25) is 4.99 Å². The number of pyridine rings is 1. The summed E-state index contributed by atoms with van der Waals surface area (Å²) >= 11 is 1.80. The molecule has 0 bridgehead atoms. The normalized spacial score (nSPS) is 21.9. The van der Waals surface area contributed by atoms with Gasteiger partial charge in [0.15, 0.2) is 0 Å². The van der Waals surface area contributed by atoms with Gasteiger partial charge < -0.3 is 14.9 Å². The minimum absolute atomic E-state index is 0.106. The highest BCUT2D eigenvalue weighted by Crippen LogP contribution is 2.49. The van der Waals surface area contributed by atoms with Crippen molar-refractivity contribution in [1.82, 2.24) is 9.88 Å². The number of aliphatic hydroxyl groups excluding tert-OH is 1. The standard InChI is InChI=1S/C24H33N5OS/c1-4-26-22(28-9-5-6-10-28)8-7-18(2)15-31-21-11-23(27-14-20(21)25-3)29-16-24(17-29)12-19(30)13-24/h4,7-8,11,14,18-19,30H,1,3,5-6,9-10,12-13,15-17H2,2H3/b8-7-,26-22?. The van der Waals surface area contributed by atoms with Crippen LogP contribution in [0.5, 0.6) is 0 Å². The van der Waals surface area contributed by atoms with Gasteiger partial charge in [0.05, 0.1) is 18.0 Å². The minimum Gasteiger partial charge on any atom is -0.393 e. The van der Waals surface area contributed by atoms with Crippen LogP contribution < -0.4 is 4.90 Å². The van der Waals surface area contributed by atoms with Crippen molar-refractivity contribution in [1.29, 1.82) is 0 Å². The van der Waals surface area contributed by atoms with Gasteiger partial charge in [-0.2, -0.15) is 0 Å². The quantitative estimate of drug-likeness (QED) is 0.372. The third-order valence-corrected chi connectivity index (χ3v) is 7.78. The van der Waals surface area contributed by atoms with Crippen LogP contribution in [-0.4, -0.2) is 65.6 Å². The van der Waals surface area contributed by atoms with Crippen molar-refractivity contribution >= 4 is 35.8 Å². The highest BCUT2D eigenvalue weighted by molar-refractivity contribution is 7.99. The number of anilines is 1. The average Bonchev–Trinajstić information content (AvgIpc) is 3.25.